The monoisotopic (exact) mass is 460 g/mol. The Bertz CT molecular complexity index is 695. The van der Waals surface area contributed by atoms with E-state index in [0.717, 1.165) is 6.42 Å². The fourth-order valence-corrected chi connectivity index (χ4v) is 9.20. The fraction of sp³-hybridized carbons (Fsp3) is 0.182. The van der Waals surface area contributed by atoms with E-state index >= 15 is 0 Å². The molecule has 128 valence electrons. The molecule has 4 rings (SSSR count). The molecule has 0 heterocycles. The maximum atomic E-state index is 9.80. The lowest BCUT2D eigenvalue weighted by molar-refractivity contribution is -0.00000562. The van der Waals surface area contributed by atoms with E-state index < -0.39 is 7.26 Å². The average molecular weight is 460 g/mol. The maximum absolute atomic E-state index is 9.80. The van der Waals surface area contributed by atoms with E-state index in [1.807, 2.05) is 0 Å². The van der Waals surface area contributed by atoms with Gasteiger partial charge < -0.3 is 29.1 Å². The Hall–Kier alpha value is -1.22. The number of aliphatic hydroxyl groups is 1. The summed E-state index contributed by atoms with van der Waals surface area (Å²) in [5, 5.41) is 14.1. The summed E-state index contributed by atoms with van der Waals surface area (Å²) in [6.45, 7) is 0.291. The van der Waals surface area contributed by atoms with Crippen molar-refractivity contribution >= 4 is 23.2 Å². The first-order valence-corrected chi connectivity index (χ1v) is 10.4. The minimum atomic E-state index is -1.75. The van der Waals surface area contributed by atoms with E-state index in [2.05, 4.69) is 91.0 Å². The van der Waals surface area contributed by atoms with Gasteiger partial charge in [-0.2, -0.15) is 0 Å². The quantitative estimate of drug-likeness (QED) is 0.431. The lowest BCUT2D eigenvalue weighted by Gasteiger charge is -2.28. The van der Waals surface area contributed by atoms with Crippen LogP contribution in [0.1, 0.15) is 6.42 Å². The smallest absolute Gasteiger partial charge is 0.115 e. The predicted octanol–water partition coefficient (Wildman–Crippen LogP) is 0.365. The molecule has 2 atom stereocenters. The van der Waals surface area contributed by atoms with Gasteiger partial charge >= 0.3 is 0 Å². The largest absolute Gasteiger partial charge is 1.00 e. The van der Waals surface area contributed by atoms with Crippen LogP contribution in [0.5, 0.6) is 0 Å². The molecule has 3 heteroatoms. The first-order valence-electron chi connectivity index (χ1n) is 8.54. The van der Waals surface area contributed by atoms with E-state index in [-0.39, 0.29) is 24.0 Å². The van der Waals surface area contributed by atoms with Crippen LogP contribution in [-0.4, -0.2) is 17.4 Å². The normalized spacial score (nSPS) is 19.1. The zero-order valence-corrected chi connectivity index (χ0v) is 17.1. The summed E-state index contributed by atoms with van der Waals surface area (Å²) >= 11 is 0. The summed E-state index contributed by atoms with van der Waals surface area (Å²) in [5.41, 5.74) is 0.537. The highest BCUT2D eigenvalue weighted by Crippen LogP contribution is 2.69. The molecule has 0 radical (unpaired) electrons. The van der Waals surface area contributed by atoms with Gasteiger partial charge in [-0.25, -0.2) is 0 Å². The van der Waals surface area contributed by atoms with Crippen LogP contribution >= 0.6 is 7.26 Å². The van der Waals surface area contributed by atoms with Crippen LogP contribution in [0.4, 0.5) is 0 Å². The first-order chi connectivity index (χ1) is 11.9. The van der Waals surface area contributed by atoms with Crippen LogP contribution in [0.2, 0.25) is 0 Å². The molecule has 1 saturated carbocycles. The van der Waals surface area contributed by atoms with Crippen molar-refractivity contribution in [3.8, 4) is 0 Å². The third kappa shape index (κ3) is 3.28. The molecule has 3 aromatic carbocycles. The van der Waals surface area contributed by atoms with Crippen LogP contribution in [0.15, 0.2) is 91.0 Å². The zero-order chi connectivity index (χ0) is 16.4. The molecular formula is C22H22IOP. The molecular weight excluding hydrogens is 438 g/mol. The Morgan fingerprint density at radius 2 is 1.04 bits per heavy atom. The summed E-state index contributed by atoms with van der Waals surface area (Å²) in [7, 11) is -1.75. The molecule has 0 amide bonds. The lowest BCUT2D eigenvalue weighted by atomic mass is 10.4. The van der Waals surface area contributed by atoms with Crippen molar-refractivity contribution in [2.75, 3.05) is 6.61 Å². The number of aliphatic hydroxyl groups excluding tert-OH is 1. The van der Waals surface area contributed by atoms with Gasteiger partial charge in [-0.05, 0) is 42.8 Å². The van der Waals surface area contributed by atoms with Crippen LogP contribution in [0.3, 0.4) is 0 Å². The van der Waals surface area contributed by atoms with Crippen LogP contribution in [-0.2, 0) is 0 Å². The van der Waals surface area contributed by atoms with E-state index in [1.54, 1.807) is 0 Å². The molecule has 25 heavy (non-hydrogen) atoms. The molecule has 1 aliphatic carbocycles. The van der Waals surface area contributed by atoms with E-state index in [9.17, 15) is 5.11 Å². The zero-order valence-electron chi connectivity index (χ0n) is 14.0. The van der Waals surface area contributed by atoms with Crippen LogP contribution in [0.25, 0.3) is 0 Å². The molecule has 0 spiro atoms. The van der Waals surface area contributed by atoms with Gasteiger partial charge in [0, 0.05) is 12.5 Å². The number of benzene rings is 3. The van der Waals surface area contributed by atoms with Crippen LogP contribution < -0.4 is 39.9 Å². The van der Waals surface area contributed by atoms with Crippen molar-refractivity contribution in [3.63, 3.8) is 0 Å². The summed E-state index contributed by atoms with van der Waals surface area (Å²) in [6, 6.07) is 32.8. The molecule has 0 saturated heterocycles. The van der Waals surface area contributed by atoms with Gasteiger partial charge in [0.2, 0.25) is 0 Å². The lowest BCUT2D eigenvalue weighted by Crippen LogP contribution is -3.00. The Balaban J connectivity index is 0.00000182. The molecule has 0 bridgehead atoms. The third-order valence-electron chi connectivity index (χ3n) is 5.11. The van der Waals surface area contributed by atoms with Crippen molar-refractivity contribution in [2.45, 2.75) is 12.1 Å². The molecule has 1 N–H and O–H groups in total. The number of hydrogen-bond acceptors (Lipinski definition) is 1. The van der Waals surface area contributed by atoms with E-state index in [0.29, 0.717) is 18.2 Å². The topological polar surface area (TPSA) is 20.2 Å². The minimum absolute atomic E-state index is 0. The van der Waals surface area contributed by atoms with Crippen molar-refractivity contribution in [1.82, 2.24) is 0 Å². The molecule has 3 aromatic rings. The second kappa shape index (κ2) is 7.99. The average Bonchev–Trinajstić information content (AvgIpc) is 3.45. The Kier molecular flexibility index (Phi) is 5.93. The van der Waals surface area contributed by atoms with Crippen LogP contribution in [0, 0.1) is 5.92 Å². The molecule has 1 aliphatic rings. The molecule has 0 aromatic heterocycles. The van der Waals surface area contributed by atoms with Gasteiger partial charge in [-0.15, -0.1) is 0 Å². The molecule has 1 nitrogen and oxygen atoms in total. The summed E-state index contributed by atoms with van der Waals surface area (Å²) < 4.78 is 0. The van der Waals surface area contributed by atoms with Crippen molar-refractivity contribution in [2.24, 2.45) is 5.92 Å². The van der Waals surface area contributed by atoms with Gasteiger partial charge in [0.1, 0.15) is 23.2 Å². The minimum Gasteiger partial charge on any atom is -1.00 e. The summed E-state index contributed by atoms with van der Waals surface area (Å²) in [6.07, 6.45) is 1.11. The van der Waals surface area contributed by atoms with Gasteiger partial charge in [0.25, 0.3) is 0 Å². The van der Waals surface area contributed by atoms with E-state index in [1.165, 1.54) is 15.9 Å². The van der Waals surface area contributed by atoms with Gasteiger partial charge in [-0.1, -0.05) is 54.6 Å². The molecule has 2 unspecified atom stereocenters. The number of hydrogen-bond donors (Lipinski definition) is 1. The molecule has 1 fully saturated rings. The standard InChI is InChI=1S/C22H22OP.HI/c23-17-18-16-22(18)24(19-10-4-1-5-11-19,20-12-6-2-7-13-20)21-14-8-3-9-15-21;/h1-15,18,22-23H,16-17H2;1H/q+1;/p-1. The predicted molar refractivity (Wildman–Crippen MR) is 104 cm³/mol. The number of rotatable bonds is 5. The summed E-state index contributed by atoms with van der Waals surface area (Å²) in [4.78, 5) is 0. The fourth-order valence-electron chi connectivity index (χ4n) is 3.91. The highest BCUT2D eigenvalue weighted by molar-refractivity contribution is 7.96. The number of halogens is 1. The second-order valence-corrected chi connectivity index (χ2v) is 10.1. The SMILES string of the molecule is OCC1CC1[P+](c1ccccc1)(c1ccccc1)c1ccccc1.[I-]. The van der Waals surface area contributed by atoms with Gasteiger partial charge in [-0.3, -0.25) is 0 Å². The highest BCUT2D eigenvalue weighted by atomic mass is 127. The van der Waals surface area contributed by atoms with Gasteiger partial charge in [0.15, 0.2) is 0 Å². The maximum Gasteiger partial charge on any atom is 0.115 e. The molecule has 0 aliphatic heterocycles. The van der Waals surface area contributed by atoms with E-state index in [4.69, 9.17) is 0 Å². The van der Waals surface area contributed by atoms with Crippen molar-refractivity contribution < 1.29 is 29.1 Å². The third-order valence-corrected chi connectivity index (χ3v) is 10.1. The first kappa shape index (κ1) is 18.6. The summed E-state index contributed by atoms with van der Waals surface area (Å²) in [5.74, 6) is 0.416. The van der Waals surface area contributed by atoms with Gasteiger partial charge in [0.05, 0.1) is 5.66 Å². The Morgan fingerprint density at radius 3 is 1.32 bits per heavy atom. The highest BCUT2D eigenvalue weighted by Gasteiger charge is 2.62. The Morgan fingerprint density at radius 1 is 0.680 bits per heavy atom. The van der Waals surface area contributed by atoms with Crippen molar-refractivity contribution in [3.05, 3.63) is 91.0 Å². The second-order valence-electron chi connectivity index (χ2n) is 6.48. The Labute approximate surface area is 167 Å². The van der Waals surface area contributed by atoms with Crippen molar-refractivity contribution in [1.29, 1.82) is 0 Å².